The summed E-state index contributed by atoms with van der Waals surface area (Å²) in [5.41, 5.74) is 0. The third-order valence-electron chi connectivity index (χ3n) is 6.24. The van der Waals surface area contributed by atoms with E-state index in [4.69, 9.17) is 0 Å². The molecule has 0 unspecified atom stereocenters. The van der Waals surface area contributed by atoms with Crippen LogP contribution in [0.4, 0.5) is 5.82 Å². The van der Waals surface area contributed by atoms with Crippen LogP contribution in [-0.2, 0) is 19.1 Å². The fraction of sp³-hybridized carbons (Fsp3) is 0.652. The Labute approximate surface area is 184 Å². The lowest BCUT2D eigenvalue weighted by atomic mass is 9.92. The number of piperazine rings is 1. The van der Waals surface area contributed by atoms with Gasteiger partial charge in [-0.1, -0.05) is 6.07 Å². The number of rotatable bonds is 8. The molecule has 170 valence electrons. The number of esters is 1. The summed E-state index contributed by atoms with van der Waals surface area (Å²) in [5, 5.41) is 0. The van der Waals surface area contributed by atoms with Gasteiger partial charge < -0.3 is 19.4 Å². The van der Waals surface area contributed by atoms with E-state index in [1.807, 2.05) is 28.0 Å². The van der Waals surface area contributed by atoms with Crippen LogP contribution in [0.2, 0.25) is 0 Å². The van der Waals surface area contributed by atoms with Gasteiger partial charge in [0.25, 0.3) is 0 Å². The Morgan fingerprint density at radius 2 is 1.77 bits per heavy atom. The van der Waals surface area contributed by atoms with E-state index in [1.165, 1.54) is 7.11 Å². The van der Waals surface area contributed by atoms with Crippen LogP contribution in [0.15, 0.2) is 24.4 Å². The molecule has 0 bridgehead atoms. The summed E-state index contributed by atoms with van der Waals surface area (Å²) < 4.78 is 4.62. The van der Waals surface area contributed by atoms with Crippen LogP contribution in [-0.4, -0.2) is 78.9 Å². The summed E-state index contributed by atoms with van der Waals surface area (Å²) in [7, 11) is 1.36. The third-order valence-corrected chi connectivity index (χ3v) is 6.24. The van der Waals surface area contributed by atoms with Crippen molar-refractivity contribution >= 4 is 23.6 Å². The molecule has 0 saturated carbocycles. The lowest BCUT2D eigenvalue weighted by Crippen LogP contribution is -2.49. The molecule has 2 aliphatic heterocycles. The van der Waals surface area contributed by atoms with Crippen LogP contribution >= 0.6 is 0 Å². The van der Waals surface area contributed by atoms with Gasteiger partial charge in [-0.15, -0.1) is 0 Å². The highest BCUT2D eigenvalue weighted by Crippen LogP contribution is 2.23. The van der Waals surface area contributed by atoms with Gasteiger partial charge in [0.2, 0.25) is 11.8 Å². The van der Waals surface area contributed by atoms with Gasteiger partial charge >= 0.3 is 5.97 Å². The Bertz CT molecular complexity index is 734. The van der Waals surface area contributed by atoms with Crippen LogP contribution in [0.3, 0.4) is 0 Å². The predicted molar refractivity (Wildman–Crippen MR) is 117 cm³/mol. The first-order valence-electron chi connectivity index (χ1n) is 11.3. The minimum Gasteiger partial charge on any atom is -0.469 e. The third kappa shape index (κ3) is 6.94. The molecule has 0 N–H and O–H groups in total. The maximum absolute atomic E-state index is 12.7. The van der Waals surface area contributed by atoms with E-state index in [9.17, 15) is 14.4 Å². The number of aromatic nitrogens is 1. The molecular weight excluding hydrogens is 396 g/mol. The topological polar surface area (TPSA) is 83.0 Å². The SMILES string of the molecule is COC(=O)CCCC(=O)N1CCC[C@@H](CCC(=O)N2CCN(c3ccccn3)CC2)C1. The second-order valence-corrected chi connectivity index (χ2v) is 8.37. The number of anilines is 1. The van der Waals surface area contributed by atoms with Crippen LogP contribution in [0.25, 0.3) is 0 Å². The summed E-state index contributed by atoms with van der Waals surface area (Å²) in [6.45, 7) is 4.56. The van der Waals surface area contributed by atoms with E-state index < -0.39 is 0 Å². The molecular formula is C23H34N4O4. The Morgan fingerprint density at radius 1 is 1.00 bits per heavy atom. The molecule has 1 aromatic rings. The van der Waals surface area contributed by atoms with Gasteiger partial charge in [0.05, 0.1) is 7.11 Å². The highest BCUT2D eigenvalue weighted by molar-refractivity contribution is 5.77. The number of nitrogens with zero attached hydrogens (tertiary/aromatic N) is 4. The van der Waals surface area contributed by atoms with Crippen molar-refractivity contribution in [1.82, 2.24) is 14.8 Å². The molecule has 0 aromatic carbocycles. The van der Waals surface area contributed by atoms with Gasteiger partial charge in [0.15, 0.2) is 0 Å². The Balaban J connectivity index is 1.36. The second-order valence-electron chi connectivity index (χ2n) is 8.37. The van der Waals surface area contributed by atoms with E-state index in [0.29, 0.717) is 25.2 Å². The molecule has 2 fully saturated rings. The minimum absolute atomic E-state index is 0.102. The van der Waals surface area contributed by atoms with Crippen LogP contribution in [0, 0.1) is 5.92 Å². The van der Waals surface area contributed by atoms with Gasteiger partial charge in [-0.2, -0.15) is 0 Å². The van der Waals surface area contributed by atoms with Crippen molar-refractivity contribution in [2.75, 3.05) is 51.3 Å². The van der Waals surface area contributed by atoms with Crippen LogP contribution < -0.4 is 4.90 Å². The van der Waals surface area contributed by atoms with Crippen molar-refractivity contribution < 1.29 is 19.1 Å². The van der Waals surface area contributed by atoms with Crippen LogP contribution in [0.5, 0.6) is 0 Å². The highest BCUT2D eigenvalue weighted by Gasteiger charge is 2.26. The Hall–Kier alpha value is -2.64. The molecule has 3 rings (SSSR count). The zero-order chi connectivity index (χ0) is 22.1. The van der Waals surface area contributed by atoms with Gasteiger partial charge in [-0.3, -0.25) is 14.4 Å². The molecule has 3 heterocycles. The smallest absolute Gasteiger partial charge is 0.305 e. The van der Waals surface area contributed by atoms with E-state index in [1.54, 1.807) is 6.20 Å². The molecule has 8 heteroatoms. The number of piperidine rings is 1. The molecule has 0 aliphatic carbocycles. The lowest BCUT2D eigenvalue weighted by Gasteiger charge is -2.36. The van der Waals surface area contributed by atoms with E-state index in [-0.39, 0.29) is 24.2 Å². The summed E-state index contributed by atoms with van der Waals surface area (Å²) in [4.78, 5) is 46.8. The first-order valence-corrected chi connectivity index (χ1v) is 11.3. The minimum atomic E-state index is -0.274. The maximum atomic E-state index is 12.7. The van der Waals surface area contributed by atoms with Gasteiger partial charge in [0, 0.05) is 64.7 Å². The first-order chi connectivity index (χ1) is 15.1. The molecule has 2 saturated heterocycles. The summed E-state index contributed by atoms with van der Waals surface area (Å²) >= 11 is 0. The van der Waals surface area contributed by atoms with Crippen molar-refractivity contribution in [3.63, 3.8) is 0 Å². The quantitative estimate of drug-likeness (QED) is 0.588. The summed E-state index contributed by atoms with van der Waals surface area (Å²) in [6.07, 6.45) is 6.38. The van der Waals surface area contributed by atoms with Crippen molar-refractivity contribution in [3.8, 4) is 0 Å². The average Bonchev–Trinajstić information content (AvgIpc) is 2.83. The zero-order valence-electron chi connectivity index (χ0n) is 18.5. The molecule has 2 amide bonds. The fourth-order valence-corrected chi connectivity index (χ4v) is 4.38. The number of hydrogen-bond donors (Lipinski definition) is 0. The first kappa shape index (κ1) is 23.0. The highest BCUT2D eigenvalue weighted by atomic mass is 16.5. The average molecular weight is 431 g/mol. The zero-order valence-corrected chi connectivity index (χ0v) is 18.5. The number of likely N-dealkylation sites (tertiary alicyclic amines) is 1. The van der Waals surface area contributed by atoms with E-state index >= 15 is 0 Å². The summed E-state index contributed by atoms with van der Waals surface area (Å²) in [6, 6.07) is 5.89. The number of pyridine rings is 1. The maximum Gasteiger partial charge on any atom is 0.305 e. The molecule has 2 aliphatic rings. The number of carbonyl (C=O) groups excluding carboxylic acids is 3. The molecule has 1 atom stereocenters. The number of amides is 2. The molecule has 8 nitrogen and oxygen atoms in total. The van der Waals surface area contributed by atoms with Crippen LogP contribution in [0.1, 0.15) is 44.9 Å². The van der Waals surface area contributed by atoms with E-state index in [2.05, 4.69) is 14.6 Å². The Kier molecular flexibility index (Phi) is 8.67. The number of carbonyl (C=O) groups is 3. The lowest BCUT2D eigenvalue weighted by molar-refractivity contribution is -0.141. The largest absolute Gasteiger partial charge is 0.469 e. The van der Waals surface area contributed by atoms with Gasteiger partial charge in [-0.25, -0.2) is 4.98 Å². The van der Waals surface area contributed by atoms with Crippen molar-refractivity contribution in [2.45, 2.75) is 44.9 Å². The monoisotopic (exact) mass is 430 g/mol. The molecule has 0 spiro atoms. The van der Waals surface area contributed by atoms with Gasteiger partial charge in [0.1, 0.15) is 5.82 Å². The number of ether oxygens (including phenoxy) is 1. The Morgan fingerprint density at radius 3 is 2.48 bits per heavy atom. The number of hydrogen-bond acceptors (Lipinski definition) is 6. The van der Waals surface area contributed by atoms with Gasteiger partial charge in [-0.05, 0) is 43.7 Å². The number of methoxy groups -OCH3 is 1. The normalized spacial score (nSPS) is 19.3. The summed E-state index contributed by atoms with van der Waals surface area (Å²) in [5.74, 6) is 1.38. The van der Waals surface area contributed by atoms with Crippen molar-refractivity contribution in [2.24, 2.45) is 5.92 Å². The molecule has 31 heavy (non-hydrogen) atoms. The van der Waals surface area contributed by atoms with Crippen molar-refractivity contribution in [1.29, 1.82) is 0 Å². The standard InChI is InChI=1S/C23H34N4O4/c1-31-23(30)9-4-8-21(28)27-13-5-6-19(18-27)10-11-22(29)26-16-14-25(15-17-26)20-7-2-3-12-24-20/h2-3,7,12,19H,4-6,8-11,13-18H2,1H3/t19-/m0/s1. The second kappa shape index (κ2) is 11.7. The molecule has 0 radical (unpaired) electrons. The molecule has 1 aromatic heterocycles. The predicted octanol–water partition coefficient (Wildman–Crippen LogP) is 2.09. The van der Waals surface area contributed by atoms with E-state index in [0.717, 1.165) is 64.3 Å². The van der Waals surface area contributed by atoms with Crippen molar-refractivity contribution in [3.05, 3.63) is 24.4 Å². The fourth-order valence-electron chi connectivity index (χ4n) is 4.38.